The molecular formula is C19H23ClO2. The number of unbranched alkanes of at least 4 members (excludes halogenated alkanes) is 3. The lowest BCUT2D eigenvalue weighted by Gasteiger charge is -2.08. The summed E-state index contributed by atoms with van der Waals surface area (Å²) in [4.78, 5) is 0. The van der Waals surface area contributed by atoms with Crippen LogP contribution in [0.15, 0.2) is 48.5 Å². The van der Waals surface area contributed by atoms with Crippen LogP contribution in [0.25, 0.3) is 0 Å². The molecule has 0 spiro atoms. The van der Waals surface area contributed by atoms with Gasteiger partial charge in [-0.1, -0.05) is 48.7 Å². The van der Waals surface area contributed by atoms with Gasteiger partial charge in [0.2, 0.25) is 0 Å². The van der Waals surface area contributed by atoms with Crippen LogP contribution in [0.1, 0.15) is 36.8 Å². The van der Waals surface area contributed by atoms with E-state index in [1.54, 1.807) is 0 Å². The van der Waals surface area contributed by atoms with Crippen LogP contribution < -0.4 is 4.74 Å². The van der Waals surface area contributed by atoms with E-state index in [0.29, 0.717) is 13.2 Å². The zero-order chi connectivity index (χ0) is 15.6. The highest BCUT2D eigenvalue weighted by Crippen LogP contribution is 2.17. The van der Waals surface area contributed by atoms with Crippen LogP contribution in [0.3, 0.4) is 0 Å². The first kappa shape index (κ1) is 16.9. The van der Waals surface area contributed by atoms with E-state index in [2.05, 4.69) is 12.1 Å². The highest BCUT2D eigenvalue weighted by atomic mass is 35.5. The molecule has 3 heteroatoms. The largest absolute Gasteiger partial charge is 0.489 e. The predicted molar refractivity (Wildman–Crippen MR) is 91.5 cm³/mol. The summed E-state index contributed by atoms with van der Waals surface area (Å²) in [6.07, 6.45) is 5.46. The number of aryl methyl sites for hydroxylation is 1. The molecule has 0 bridgehead atoms. The van der Waals surface area contributed by atoms with Crippen LogP contribution in [0.4, 0.5) is 0 Å². The molecule has 2 aromatic carbocycles. The first-order valence-corrected chi connectivity index (χ1v) is 8.23. The normalized spacial score (nSPS) is 10.6. The highest BCUT2D eigenvalue weighted by Gasteiger charge is 1.98. The molecule has 2 rings (SSSR count). The summed E-state index contributed by atoms with van der Waals surface area (Å²) in [5.41, 5.74) is 2.44. The molecule has 2 aromatic rings. The van der Waals surface area contributed by atoms with Gasteiger partial charge < -0.3 is 9.84 Å². The Balaban J connectivity index is 1.73. The molecule has 22 heavy (non-hydrogen) atoms. The number of hydrogen-bond acceptors (Lipinski definition) is 2. The van der Waals surface area contributed by atoms with Gasteiger partial charge in [-0.15, -0.1) is 0 Å². The summed E-state index contributed by atoms with van der Waals surface area (Å²) in [6, 6.07) is 16.0. The average molecular weight is 319 g/mol. The van der Waals surface area contributed by atoms with Gasteiger partial charge in [0.25, 0.3) is 0 Å². The van der Waals surface area contributed by atoms with E-state index in [0.717, 1.165) is 35.6 Å². The van der Waals surface area contributed by atoms with Crippen molar-refractivity contribution in [2.24, 2.45) is 0 Å². The van der Waals surface area contributed by atoms with Gasteiger partial charge in [0.15, 0.2) is 0 Å². The number of rotatable bonds is 9. The molecule has 118 valence electrons. The minimum absolute atomic E-state index is 0.305. The minimum Gasteiger partial charge on any atom is -0.489 e. The van der Waals surface area contributed by atoms with E-state index in [1.165, 1.54) is 18.4 Å². The van der Waals surface area contributed by atoms with Crippen molar-refractivity contribution in [2.75, 3.05) is 6.61 Å². The first-order chi connectivity index (χ1) is 10.8. The molecule has 0 aliphatic carbocycles. The zero-order valence-electron chi connectivity index (χ0n) is 12.8. The third kappa shape index (κ3) is 6.08. The summed E-state index contributed by atoms with van der Waals surface area (Å²) in [6.45, 7) is 0.858. The molecule has 0 aromatic heterocycles. The third-order valence-electron chi connectivity index (χ3n) is 3.62. The van der Waals surface area contributed by atoms with E-state index in [1.807, 2.05) is 36.4 Å². The quantitative estimate of drug-likeness (QED) is 0.658. The maximum absolute atomic E-state index is 8.74. The summed E-state index contributed by atoms with van der Waals surface area (Å²) >= 11 is 5.86. The number of benzene rings is 2. The Labute approximate surface area is 137 Å². The van der Waals surface area contributed by atoms with Crippen molar-refractivity contribution in [1.29, 1.82) is 0 Å². The molecular weight excluding hydrogens is 296 g/mol. The smallest absolute Gasteiger partial charge is 0.119 e. The molecule has 0 radical (unpaired) electrons. The maximum atomic E-state index is 8.74. The zero-order valence-corrected chi connectivity index (χ0v) is 13.6. The molecule has 2 nitrogen and oxygen atoms in total. The molecule has 0 saturated heterocycles. The third-order valence-corrected chi connectivity index (χ3v) is 3.87. The Morgan fingerprint density at radius 2 is 1.41 bits per heavy atom. The lowest BCUT2D eigenvalue weighted by Crippen LogP contribution is -1.95. The molecule has 0 unspecified atom stereocenters. The molecule has 0 aliphatic heterocycles. The van der Waals surface area contributed by atoms with Crippen LogP contribution in [0.5, 0.6) is 5.75 Å². The van der Waals surface area contributed by atoms with Crippen molar-refractivity contribution in [3.8, 4) is 5.75 Å². The van der Waals surface area contributed by atoms with Crippen molar-refractivity contribution >= 4 is 11.6 Å². The fraction of sp³-hybridized carbons (Fsp3) is 0.368. The average Bonchev–Trinajstić information content (AvgIpc) is 2.55. The van der Waals surface area contributed by atoms with Crippen molar-refractivity contribution < 1.29 is 9.84 Å². The van der Waals surface area contributed by atoms with Gasteiger partial charge in [-0.05, 0) is 54.7 Å². The van der Waals surface area contributed by atoms with Gasteiger partial charge in [0.05, 0.1) is 0 Å². The summed E-state index contributed by atoms with van der Waals surface area (Å²) < 4.78 is 5.77. The molecule has 0 fully saturated rings. The van der Waals surface area contributed by atoms with Crippen molar-refractivity contribution in [2.45, 2.75) is 38.7 Å². The first-order valence-electron chi connectivity index (χ1n) is 7.85. The molecule has 1 N–H and O–H groups in total. The van der Waals surface area contributed by atoms with Crippen LogP contribution in [-0.2, 0) is 13.0 Å². The maximum Gasteiger partial charge on any atom is 0.119 e. The Hall–Kier alpha value is -1.51. The van der Waals surface area contributed by atoms with E-state index in [-0.39, 0.29) is 0 Å². The van der Waals surface area contributed by atoms with E-state index in [9.17, 15) is 0 Å². The fourth-order valence-electron chi connectivity index (χ4n) is 2.29. The lowest BCUT2D eigenvalue weighted by atomic mass is 10.1. The second-order valence-electron chi connectivity index (χ2n) is 5.45. The molecule has 0 heterocycles. The van der Waals surface area contributed by atoms with Crippen LogP contribution in [0, 0.1) is 0 Å². The second kappa shape index (κ2) is 9.50. The van der Waals surface area contributed by atoms with Gasteiger partial charge in [-0.25, -0.2) is 0 Å². The Bertz CT molecular complexity index is 534. The summed E-state index contributed by atoms with van der Waals surface area (Å²) in [5.74, 6) is 0.888. The van der Waals surface area contributed by atoms with Gasteiger partial charge in [-0.2, -0.15) is 0 Å². The van der Waals surface area contributed by atoms with Crippen LogP contribution in [-0.4, -0.2) is 11.7 Å². The van der Waals surface area contributed by atoms with Crippen LogP contribution in [0.2, 0.25) is 5.02 Å². The van der Waals surface area contributed by atoms with Gasteiger partial charge in [0, 0.05) is 11.6 Å². The Morgan fingerprint density at radius 3 is 2.09 bits per heavy atom. The number of aliphatic hydroxyl groups is 1. The number of halogens is 1. The molecule has 0 amide bonds. The predicted octanol–water partition coefficient (Wildman–Crippen LogP) is 5.01. The van der Waals surface area contributed by atoms with E-state index in [4.69, 9.17) is 21.4 Å². The topological polar surface area (TPSA) is 29.5 Å². The summed E-state index contributed by atoms with van der Waals surface area (Å²) in [7, 11) is 0. The van der Waals surface area contributed by atoms with E-state index >= 15 is 0 Å². The lowest BCUT2D eigenvalue weighted by molar-refractivity contribution is 0.282. The fourth-order valence-corrected chi connectivity index (χ4v) is 2.42. The van der Waals surface area contributed by atoms with Crippen LogP contribution >= 0.6 is 11.6 Å². The van der Waals surface area contributed by atoms with Crippen molar-refractivity contribution in [3.05, 3.63) is 64.7 Å². The molecule has 0 atom stereocenters. The number of ether oxygens (including phenoxy) is 1. The highest BCUT2D eigenvalue weighted by molar-refractivity contribution is 6.30. The van der Waals surface area contributed by atoms with Crippen molar-refractivity contribution in [1.82, 2.24) is 0 Å². The standard InChI is InChI=1S/C19H23ClO2/c20-18-10-6-17(7-11-18)15-22-19-12-8-16(9-13-19)5-3-1-2-4-14-21/h6-13,21H,1-5,14-15H2. The molecule has 0 aliphatic rings. The number of aliphatic hydroxyl groups excluding tert-OH is 1. The van der Waals surface area contributed by atoms with E-state index < -0.39 is 0 Å². The van der Waals surface area contributed by atoms with Gasteiger partial charge >= 0.3 is 0 Å². The minimum atomic E-state index is 0.305. The van der Waals surface area contributed by atoms with Gasteiger partial charge in [0.1, 0.15) is 12.4 Å². The number of hydrogen-bond donors (Lipinski definition) is 1. The second-order valence-corrected chi connectivity index (χ2v) is 5.88. The van der Waals surface area contributed by atoms with Crippen molar-refractivity contribution in [3.63, 3.8) is 0 Å². The van der Waals surface area contributed by atoms with Gasteiger partial charge in [-0.3, -0.25) is 0 Å². The Kier molecular flexibility index (Phi) is 7.27. The monoisotopic (exact) mass is 318 g/mol. The SMILES string of the molecule is OCCCCCCc1ccc(OCc2ccc(Cl)cc2)cc1. The Morgan fingerprint density at radius 1 is 0.773 bits per heavy atom. The summed E-state index contributed by atoms with van der Waals surface area (Å²) in [5, 5.41) is 9.48. The molecule has 0 saturated carbocycles.